The van der Waals surface area contributed by atoms with Gasteiger partial charge in [0.15, 0.2) is 19.3 Å². The highest BCUT2D eigenvalue weighted by atomic mass is 35.5. The van der Waals surface area contributed by atoms with Crippen LogP contribution in [-0.4, -0.2) is 44.5 Å². The molecule has 3 rings (SSSR count). The summed E-state index contributed by atoms with van der Waals surface area (Å²) in [7, 11) is 3.31. The van der Waals surface area contributed by atoms with Gasteiger partial charge in [-0.25, -0.2) is 4.99 Å². The van der Waals surface area contributed by atoms with E-state index >= 15 is 0 Å². The largest absolute Gasteiger partial charge is 0.509 e. The van der Waals surface area contributed by atoms with Gasteiger partial charge in [0, 0.05) is 23.1 Å². The maximum absolute atomic E-state index is 10.1. The molecule has 0 unspecified atom stereocenters. The lowest BCUT2D eigenvalue weighted by atomic mass is 9.91. The van der Waals surface area contributed by atoms with Gasteiger partial charge in [0.25, 0.3) is 0 Å². The standard InChI is InChI=1S/C22H25BClN5O3/c1-31-19-9-13(5-8-18(19)32-11-17(30)12-3-2-4-12)21(23)29-22(27)28-16-7-6-15(26)14(10-25)20(16)24/h5-10,25,30H,2-4,11,23,26H2,1H3,(H2,27,28)/b25-10?,29-21-. The molecule has 0 heterocycles. The summed E-state index contributed by atoms with van der Waals surface area (Å²) in [5.74, 6) is 1.17. The van der Waals surface area contributed by atoms with Gasteiger partial charge >= 0.3 is 0 Å². The van der Waals surface area contributed by atoms with E-state index in [1.165, 1.54) is 7.11 Å². The van der Waals surface area contributed by atoms with Crippen LogP contribution in [0.25, 0.3) is 0 Å². The summed E-state index contributed by atoms with van der Waals surface area (Å²) in [6, 6.07) is 8.56. The van der Waals surface area contributed by atoms with Gasteiger partial charge in [0.1, 0.15) is 12.4 Å². The SMILES string of the molecule is B/C(=N\C(=N)Nc1ccc(N)c(C=N)c1Cl)c1ccc(OCC(O)=C2CCC2)c(OC)c1. The van der Waals surface area contributed by atoms with E-state index in [2.05, 4.69) is 10.3 Å². The number of aliphatic imine (C=N–C) groups is 1. The molecule has 0 radical (unpaired) electrons. The molecule has 0 spiro atoms. The number of allylic oxidation sites excluding steroid dienone is 1. The lowest BCUT2D eigenvalue weighted by molar-refractivity contribution is 0.251. The lowest BCUT2D eigenvalue weighted by Crippen LogP contribution is -2.13. The molecule has 2 aromatic rings. The Hall–Kier alpha value is -3.46. The van der Waals surface area contributed by atoms with E-state index in [1.54, 1.807) is 38.2 Å². The summed E-state index contributed by atoms with van der Waals surface area (Å²) in [6.07, 6.45) is 4.02. The third-order valence-corrected chi connectivity index (χ3v) is 5.61. The molecule has 0 saturated heterocycles. The summed E-state index contributed by atoms with van der Waals surface area (Å²) in [6.45, 7) is 0.104. The minimum absolute atomic E-state index is 0.104. The summed E-state index contributed by atoms with van der Waals surface area (Å²) in [5.41, 5.74) is 9.36. The molecule has 1 saturated carbocycles. The van der Waals surface area contributed by atoms with Crippen molar-refractivity contribution in [1.29, 1.82) is 10.8 Å². The summed E-state index contributed by atoms with van der Waals surface area (Å²) < 4.78 is 11.1. The Morgan fingerprint density at radius 2 is 2.06 bits per heavy atom. The molecule has 6 N–H and O–H groups in total. The third kappa shape index (κ3) is 5.23. The number of hydrogen-bond donors (Lipinski definition) is 5. The average molecular weight is 454 g/mol. The van der Waals surface area contributed by atoms with Gasteiger partial charge in [0.2, 0.25) is 5.96 Å². The zero-order valence-electron chi connectivity index (χ0n) is 18.0. The van der Waals surface area contributed by atoms with Gasteiger partial charge in [-0.15, -0.1) is 0 Å². The first-order chi connectivity index (χ1) is 15.3. The second-order valence-corrected chi connectivity index (χ2v) is 7.68. The molecule has 0 aliphatic heterocycles. The van der Waals surface area contributed by atoms with Crippen LogP contribution >= 0.6 is 11.6 Å². The molecular weight excluding hydrogens is 429 g/mol. The van der Waals surface area contributed by atoms with Crippen LogP contribution in [-0.2, 0) is 0 Å². The number of guanidine groups is 1. The molecule has 1 fully saturated rings. The number of nitrogens with zero attached hydrogens (tertiary/aromatic N) is 1. The Morgan fingerprint density at radius 1 is 1.31 bits per heavy atom. The van der Waals surface area contributed by atoms with Gasteiger partial charge in [-0.2, -0.15) is 0 Å². The summed E-state index contributed by atoms with van der Waals surface area (Å²) in [5, 5.41) is 28.7. The van der Waals surface area contributed by atoms with Crippen LogP contribution in [0.3, 0.4) is 0 Å². The van der Waals surface area contributed by atoms with Gasteiger partial charge in [0.05, 0.1) is 17.8 Å². The first-order valence-corrected chi connectivity index (χ1v) is 10.4. The van der Waals surface area contributed by atoms with Crippen molar-refractivity contribution >= 4 is 48.6 Å². The zero-order chi connectivity index (χ0) is 23.3. The number of anilines is 2. The van der Waals surface area contributed by atoms with Crippen LogP contribution in [0.15, 0.2) is 46.7 Å². The van der Waals surface area contributed by atoms with E-state index in [9.17, 15) is 5.11 Å². The molecule has 1 aliphatic carbocycles. The fraction of sp³-hybridized carbons (Fsp3) is 0.227. The Bertz CT molecular complexity index is 1110. The number of nitrogen functional groups attached to an aromatic ring is 1. The van der Waals surface area contributed by atoms with Gasteiger partial charge in [-0.3, -0.25) is 5.41 Å². The van der Waals surface area contributed by atoms with E-state index in [4.69, 9.17) is 37.6 Å². The number of nitrogens with one attached hydrogen (secondary N) is 3. The first kappa shape index (κ1) is 23.2. The highest BCUT2D eigenvalue weighted by molar-refractivity contribution is 6.65. The Kier molecular flexibility index (Phi) is 7.43. The van der Waals surface area contributed by atoms with Crippen LogP contribution < -0.4 is 20.5 Å². The molecule has 1 aliphatic rings. The van der Waals surface area contributed by atoms with Crippen molar-refractivity contribution in [1.82, 2.24) is 0 Å². The van der Waals surface area contributed by atoms with E-state index in [0.29, 0.717) is 34.0 Å². The number of aliphatic hydroxyl groups is 1. The highest BCUT2D eigenvalue weighted by Crippen LogP contribution is 2.31. The van der Waals surface area contributed by atoms with Crippen LogP contribution in [0.2, 0.25) is 5.02 Å². The quantitative estimate of drug-likeness (QED) is 0.143. The number of benzene rings is 2. The predicted molar refractivity (Wildman–Crippen MR) is 132 cm³/mol. The highest BCUT2D eigenvalue weighted by Gasteiger charge is 2.16. The zero-order valence-corrected chi connectivity index (χ0v) is 18.7. The maximum atomic E-state index is 10.1. The third-order valence-electron chi connectivity index (χ3n) is 5.20. The van der Waals surface area contributed by atoms with E-state index in [0.717, 1.165) is 36.6 Å². The van der Waals surface area contributed by atoms with Crippen LogP contribution in [0.5, 0.6) is 11.5 Å². The van der Waals surface area contributed by atoms with Crippen LogP contribution in [0.1, 0.15) is 30.4 Å². The lowest BCUT2D eigenvalue weighted by Gasteiger charge is -2.19. The molecule has 2 aromatic carbocycles. The number of hydrogen-bond acceptors (Lipinski definition) is 6. The summed E-state index contributed by atoms with van der Waals surface area (Å²) >= 11 is 6.26. The molecule has 0 bridgehead atoms. The molecule has 0 aromatic heterocycles. The van der Waals surface area contributed by atoms with Crippen molar-refractivity contribution in [2.45, 2.75) is 19.3 Å². The van der Waals surface area contributed by atoms with Crippen LogP contribution in [0.4, 0.5) is 11.4 Å². The Morgan fingerprint density at radius 3 is 2.69 bits per heavy atom. The van der Waals surface area contributed by atoms with Crippen molar-refractivity contribution in [2.24, 2.45) is 4.99 Å². The van der Waals surface area contributed by atoms with Gasteiger partial charge in [-0.1, -0.05) is 17.7 Å². The van der Waals surface area contributed by atoms with Crippen molar-refractivity contribution in [3.63, 3.8) is 0 Å². The molecule has 166 valence electrons. The van der Waals surface area contributed by atoms with Crippen LogP contribution in [0, 0.1) is 10.8 Å². The molecule has 0 amide bonds. The molecule has 8 nitrogen and oxygen atoms in total. The number of methoxy groups -OCH3 is 1. The summed E-state index contributed by atoms with van der Waals surface area (Å²) in [4.78, 5) is 4.28. The Balaban J connectivity index is 1.73. The van der Waals surface area contributed by atoms with Crippen molar-refractivity contribution < 1.29 is 14.6 Å². The van der Waals surface area contributed by atoms with Crippen molar-refractivity contribution in [2.75, 3.05) is 24.8 Å². The fourth-order valence-electron chi connectivity index (χ4n) is 3.14. The Labute approximate surface area is 192 Å². The second kappa shape index (κ2) is 10.2. The number of nitrogens with two attached hydrogens (primary N) is 1. The van der Waals surface area contributed by atoms with E-state index < -0.39 is 0 Å². The average Bonchev–Trinajstić information content (AvgIpc) is 2.73. The molecular formula is C22H25BClN5O3. The normalized spacial score (nSPS) is 13.2. The first-order valence-electron chi connectivity index (χ1n) is 10.0. The number of ether oxygens (including phenoxy) is 2. The maximum Gasteiger partial charge on any atom is 0.219 e. The number of halogens is 1. The van der Waals surface area contributed by atoms with Gasteiger partial charge < -0.3 is 31.0 Å². The molecule has 32 heavy (non-hydrogen) atoms. The van der Waals surface area contributed by atoms with Crippen molar-refractivity contribution in [3.05, 3.63) is 57.8 Å². The number of rotatable bonds is 7. The van der Waals surface area contributed by atoms with Gasteiger partial charge in [-0.05, 0) is 54.7 Å². The molecule has 10 heteroatoms. The fourth-order valence-corrected chi connectivity index (χ4v) is 3.41. The smallest absolute Gasteiger partial charge is 0.219 e. The van der Waals surface area contributed by atoms with Crippen molar-refractivity contribution in [3.8, 4) is 11.5 Å². The predicted octanol–water partition coefficient (Wildman–Crippen LogP) is 3.73. The molecule has 0 atom stereocenters. The second-order valence-electron chi connectivity index (χ2n) is 7.30. The monoisotopic (exact) mass is 453 g/mol. The van der Waals surface area contributed by atoms with E-state index in [1.807, 2.05) is 0 Å². The topological polar surface area (TPSA) is 137 Å². The minimum Gasteiger partial charge on any atom is -0.509 e. The van der Waals surface area contributed by atoms with E-state index in [-0.39, 0.29) is 23.3 Å². The number of aliphatic hydroxyl groups excluding tert-OH is 1. The minimum atomic E-state index is -0.124.